The second kappa shape index (κ2) is 6.90. The SMILES string of the molecule is CC(N)Cc1ccc(OC2CCCCCC2)c(F)c1. The van der Waals surface area contributed by atoms with E-state index in [4.69, 9.17) is 10.5 Å². The molecule has 2 nitrogen and oxygen atoms in total. The Bertz CT molecular complexity index is 398. The van der Waals surface area contributed by atoms with Gasteiger partial charge in [-0.2, -0.15) is 0 Å². The lowest BCUT2D eigenvalue weighted by molar-refractivity contribution is 0.176. The molecule has 3 heteroatoms. The van der Waals surface area contributed by atoms with Crippen LogP contribution in [0.15, 0.2) is 18.2 Å². The van der Waals surface area contributed by atoms with E-state index in [2.05, 4.69) is 0 Å². The predicted octanol–water partition coefficient (Wildman–Crippen LogP) is 3.82. The molecule has 0 heterocycles. The number of nitrogens with two attached hydrogens (primary N) is 1. The van der Waals surface area contributed by atoms with Crippen LogP contribution in [0, 0.1) is 5.82 Å². The van der Waals surface area contributed by atoms with Crippen molar-refractivity contribution >= 4 is 0 Å². The lowest BCUT2D eigenvalue weighted by Crippen LogP contribution is -2.18. The highest BCUT2D eigenvalue weighted by atomic mass is 19.1. The highest BCUT2D eigenvalue weighted by molar-refractivity contribution is 5.30. The normalized spacial score (nSPS) is 18.9. The van der Waals surface area contributed by atoms with Crippen LogP contribution in [0.4, 0.5) is 4.39 Å². The molecule has 1 aromatic carbocycles. The fourth-order valence-electron chi connectivity index (χ4n) is 2.68. The van der Waals surface area contributed by atoms with Crippen molar-refractivity contribution in [3.63, 3.8) is 0 Å². The summed E-state index contributed by atoms with van der Waals surface area (Å²) in [5.41, 5.74) is 6.66. The molecule has 0 radical (unpaired) electrons. The third kappa shape index (κ3) is 4.50. The first kappa shape index (κ1) is 14.3. The van der Waals surface area contributed by atoms with Crippen LogP contribution in [-0.2, 0) is 6.42 Å². The number of halogens is 1. The van der Waals surface area contributed by atoms with E-state index in [1.165, 1.54) is 25.7 Å². The quantitative estimate of drug-likeness (QED) is 0.840. The van der Waals surface area contributed by atoms with E-state index >= 15 is 0 Å². The molecule has 1 aromatic rings. The van der Waals surface area contributed by atoms with Crippen LogP contribution in [0.3, 0.4) is 0 Å². The largest absolute Gasteiger partial charge is 0.487 e. The summed E-state index contributed by atoms with van der Waals surface area (Å²) in [6, 6.07) is 5.26. The van der Waals surface area contributed by atoms with Crippen molar-refractivity contribution in [3.8, 4) is 5.75 Å². The molecule has 2 rings (SSSR count). The number of hydrogen-bond donors (Lipinski definition) is 1. The molecule has 0 amide bonds. The first-order valence-electron chi connectivity index (χ1n) is 7.36. The molecule has 0 spiro atoms. The van der Waals surface area contributed by atoms with Crippen molar-refractivity contribution in [3.05, 3.63) is 29.6 Å². The Morgan fingerprint density at radius 2 is 1.95 bits per heavy atom. The zero-order valence-electron chi connectivity index (χ0n) is 11.7. The van der Waals surface area contributed by atoms with Gasteiger partial charge in [0.15, 0.2) is 11.6 Å². The van der Waals surface area contributed by atoms with Crippen LogP contribution < -0.4 is 10.5 Å². The molecular weight excluding hydrogens is 241 g/mol. The van der Waals surface area contributed by atoms with Crippen LogP contribution in [0.25, 0.3) is 0 Å². The van der Waals surface area contributed by atoms with Gasteiger partial charge in [0.05, 0.1) is 6.10 Å². The monoisotopic (exact) mass is 265 g/mol. The van der Waals surface area contributed by atoms with E-state index in [0.717, 1.165) is 18.4 Å². The van der Waals surface area contributed by atoms with Crippen molar-refractivity contribution in [1.82, 2.24) is 0 Å². The Morgan fingerprint density at radius 3 is 2.53 bits per heavy atom. The summed E-state index contributed by atoms with van der Waals surface area (Å²) in [6.07, 6.45) is 7.88. The number of hydrogen-bond acceptors (Lipinski definition) is 2. The Labute approximate surface area is 115 Å². The molecule has 0 saturated heterocycles. The average molecular weight is 265 g/mol. The van der Waals surface area contributed by atoms with Gasteiger partial charge in [0.2, 0.25) is 0 Å². The Kier molecular flexibility index (Phi) is 5.20. The first-order chi connectivity index (χ1) is 9.15. The molecule has 1 saturated carbocycles. The summed E-state index contributed by atoms with van der Waals surface area (Å²) in [5.74, 6) is 0.128. The van der Waals surface area contributed by atoms with Crippen molar-refractivity contribution < 1.29 is 9.13 Å². The van der Waals surface area contributed by atoms with Crippen molar-refractivity contribution in [1.29, 1.82) is 0 Å². The molecule has 2 N–H and O–H groups in total. The Balaban J connectivity index is 1.99. The summed E-state index contributed by atoms with van der Waals surface area (Å²) < 4.78 is 19.8. The lowest BCUT2D eigenvalue weighted by atomic mass is 10.1. The summed E-state index contributed by atoms with van der Waals surface area (Å²) in [5, 5.41) is 0. The van der Waals surface area contributed by atoms with Gasteiger partial charge < -0.3 is 10.5 Å². The minimum absolute atomic E-state index is 0.0491. The van der Waals surface area contributed by atoms with Gasteiger partial charge in [0, 0.05) is 6.04 Å². The van der Waals surface area contributed by atoms with Crippen LogP contribution >= 0.6 is 0 Å². The number of benzene rings is 1. The first-order valence-corrected chi connectivity index (χ1v) is 7.36. The molecular formula is C16H24FNO. The molecule has 1 fully saturated rings. The van der Waals surface area contributed by atoms with Crippen molar-refractivity contribution in [2.45, 2.75) is 64.0 Å². The maximum absolute atomic E-state index is 14.0. The maximum Gasteiger partial charge on any atom is 0.165 e. The zero-order valence-corrected chi connectivity index (χ0v) is 11.7. The summed E-state index contributed by atoms with van der Waals surface area (Å²) in [4.78, 5) is 0. The van der Waals surface area contributed by atoms with Crippen LogP contribution in [0.5, 0.6) is 5.75 Å². The molecule has 0 bridgehead atoms. The minimum Gasteiger partial charge on any atom is -0.487 e. The van der Waals surface area contributed by atoms with E-state index in [9.17, 15) is 4.39 Å². The third-order valence-electron chi connectivity index (χ3n) is 3.65. The fraction of sp³-hybridized carbons (Fsp3) is 0.625. The standard InChI is InChI=1S/C16H24FNO/c1-12(18)10-13-8-9-16(15(17)11-13)19-14-6-4-2-3-5-7-14/h8-9,11-12,14H,2-7,10,18H2,1H3. The topological polar surface area (TPSA) is 35.2 Å². The second-order valence-corrected chi connectivity index (χ2v) is 5.68. The van der Waals surface area contributed by atoms with Gasteiger partial charge in [-0.1, -0.05) is 18.9 Å². The van der Waals surface area contributed by atoms with Crippen molar-refractivity contribution in [2.24, 2.45) is 5.73 Å². The second-order valence-electron chi connectivity index (χ2n) is 5.68. The summed E-state index contributed by atoms with van der Waals surface area (Å²) in [7, 11) is 0. The highest BCUT2D eigenvalue weighted by Gasteiger charge is 2.16. The number of rotatable bonds is 4. The van der Waals surface area contributed by atoms with Gasteiger partial charge in [-0.25, -0.2) is 4.39 Å². The summed E-state index contributed by atoms with van der Waals surface area (Å²) >= 11 is 0. The molecule has 0 aliphatic heterocycles. The van der Waals surface area contributed by atoms with E-state index in [1.807, 2.05) is 13.0 Å². The van der Waals surface area contributed by atoms with Crippen LogP contribution in [0.2, 0.25) is 0 Å². The van der Waals surface area contributed by atoms with Crippen molar-refractivity contribution in [2.75, 3.05) is 0 Å². The Morgan fingerprint density at radius 1 is 1.26 bits per heavy atom. The van der Waals surface area contributed by atoms with E-state index < -0.39 is 0 Å². The third-order valence-corrected chi connectivity index (χ3v) is 3.65. The van der Waals surface area contributed by atoms with Gasteiger partial charge in [-0.05, 0) is 56.7 Å². The molecule has 1 aliphatic carbocycles. The highest BCUT2D eigenvalue weighted by Crippen LogP contribution is 2.25. The van der Waals surface area contributed by atoms with Crippen LogP contribution in [0.1, 0.15) is 51.0 Å². The Hall–Kier alpha value is -1.09. The predicted molar refractivity (Wildman–Crippen MR) is 75.9 cm³/mol. The summed E-state index contributed by atoms with van der Waals surface area (Å²) in [6.45, 7) is 1.92. The van der Waals surface area contributed by atoms with Gasteiger partial charge >= 0.3 is 0 Å². The molecule has 0 aromatic heterocycles. The van der Waals surface area contributed by atoms with Gasteiger partial charge in [0.25, 0.3) is 0 Å². The zero-order chi connectivity index (χ0) is 13.7. The van der Waals surface area contributed by atoms with E-state index in [1.54, 1.807) is 12.1 Å². The fourth-order valence-corrected chi connectivity index (χ4v) is 2.68. The smallest absolute Gasteiger partial charge is 0.165 e. The van der Waals surface area contributed by atoms with Gasteiger partial charge in [0.1, 0.15) is 0 Å². The van der Waals surface area contributed by atoms with Gasteiger partial charge in [-0.3, -0.25) is 0 Å². The average Bonchev–Trinajstić information content (AvgIpc) is 2.60. The van der Waals surface area contributed by atoms with Crippen LogP contribution in [-0.4, -0.2) is 12.1 Å². The van der Waals surface area contributed by atoms with E-state index in [0.29, 0.717) is 12.2 Å². The molecule has 1 atom stereocenters. The molecule has 19 heavy (non-hydrogen) atoms. The number of ether oxygens (including phenoxy) is 1. The minimum atomic E-state index is -0.262. The molecule has 106 valence electrons. The molecule has 1 aliphatic rings. The maximum atomic E-state index is 14.0. The molecule has 1 unspecified atom stereocenters. The van der Waals surface area contributed by atoms with E-state index in [-0.39, 0.29) is 18.0 Å². The lowest BCUT2D eigenvalue weighted by Gasteiger charge is -2.18. The van der Waals surface area contributed by atoms with Gasteiger partial charge in [-0.15, -0.1) is 0 Å².